The van der Waals surface area contributed by atoms with Gasteiger partial charge in [0.25, 0.3) is 0 Å². The van der Waals surface area contributed by atoms with Gasteiger partial charge >= 0.3 is 6.36 Å². The fraction of sp³-hybridized carbons (Fsp3) is 0.200. The molecule has 22 heavy (non-hydrogen) atoms. The normalized spacial score (nSPS) is 12.5. The molecule has 7 heteroatoms. The standard InChI is InChI=1S/C15H13F4NO.ClH/c1-9(20)10-2-4-11(5-3-10)13-8-12(6-7-14(13)16)21-15(17,18)19;/h2-9H,20H2,1H3;1H. The SMILES string of the molecule is CC(N)c1ccc(-c2cc(OC(F)(F)F)ccc2F)cc1.Cl. The maximum absolute atomic E-state index is 13.8. The molecule has 1 atom stereocenters. The highest BCUT2D eigenvalue weighted by molar-refractivity contribution is 5.85. The van der Waals surface area contributed by atoms with E-state index in [2.05, 4.69) is 4.74 Å². The van der Waals surface area contributed by atoms with Gasteiger partial charge in [-0.15, -0.1) is 25.6 Å². The summed E-state index contributed by atoms with van der Waals surface area (Å²) >= 11 is 0. The molecular weight excluding hydrogens is 322 g/mol. The number of rotatable bonds is 3. The maximum atomic E-state index is 13.8. The quantitative estimate of drug-likeness (QED) is 0.815. The molecule has 0 saturated carbocycles. The molecule has 2 aromatic carbocycles. The van der Waals surface area contributed by atoms with Crippen LogP contribution >= 0.6 is 12.4 Å². The Hall–Kier alpha value is -1.79. The average molecular weight is 336 g/mol. The molecule has 2 nitrogen and oxygen atoms in total. The van der Waals surface area contributed by atoms with Crippen LogP contribution in [0.15, 0.2) is 42.5 Å². The van der Waals surface area contributed by atoms with Crippen LogP contribution in [0.25, 0.3) is 11.1 Å². The van der Waals surface area contributed by atoms with E-state index in [1.807, 2.05) is 0 Å². The molecule has 0 spiro atoms. The van der Waals surface area contributed by atoms with Crippen molar-refractivity contribution in [3.05, 3.63) is 53.8 Å². The maximum Gasteiger partial charge on any atom is 0.573 e. The van der Waals surface area contributed by atoms with Gasteiger partial charge in [-0.05, 0) is 36.2 Å². The molecule has 0 heterocycles. The van der Waals surface area contributed by atoms with E-state index in [1.54, 1.807) is 31.2 Å². The second-order valence-corrected chi connectivity index (χ2v) is 4.60. The van der Waals surface area contributed by atoms with E-state index in [-0.39, 0.29) is 24.0 Å². The Morgan fingerprint density at radius 1 is 1.05 bits per heavy atom. The summed E-state index contributed by atoms with van der Waals surface area (Å²) in [5.74, 6) is -1.09. The van der Waals surface area contributed by atoms with E-state index >= 15 is 0 Å². The third-order valence-corrected chi connectivity index (χ3v) is 2.92. The van der Waals surface area contributed by atoms with E-state index < -0.39 is 17.9 Å². The molecule has 0 aliphatic heterocycles. The Balaban J connectivity index is 0.00000242. The average Bonchev–Trinajstić information content (AvgIpc) is 2.39. The van der Waals surface area contributed by atoms with E-state index in [9.17, 15) is 17.6 Å². The minimum Gasteiger partial charge on any atom is -0.406 e. The Labute approximate surface area is 131 Å². The van der Waals surface area contributed by atoms with E-state index in [4.69, 9.17) is 5.73 Å². The largest absolute Gasteiger partial charge is 0.573 e. The van der Waals surface area contributed by atoms with Gasteiger partial charge in [-0.2, -0.15) is 0 Å². The van der Waals surface area contributed by atoms with Gasteiger partial charge in [0, 0.05) is 11.6 Å². The van der Waals surface area contributed by atoms with Crippen molar-refractivity contribution in [3.63, 3.8) is 0 Å². The summed E-state index contributed by atoms with van der Waals surface area (Å²) in [4.78, 5) is 0. The number of alkyl halides is 3. The first-order valence-corrected chi connectivity index (χ1v) is 6.17. The molecule has 0 amide bonds. The van der Waals surface area contributed by atoms with Crippen LogP contribution in [0.5, 0.6) is 5.75 Å². The van der Waals surface area contributed by atoms with Crippen molar-refractivity contribution in [2.45, 2.75) is 19.3 Å². The molecule has 0 radical (unpaired) electrons. The molecule has 0 bridgehead atoms. The lowest BCUT2D eigenvalue weighted by Crippen LogP contribution is -2.17. The highest BCUT2D eigenvalue weighted by Crippen LogP contribution is 2.30. The first-order valence-electron chi connectivity index (χ1n) is 6.17. The molecular formula is C15H14ClF4NO. The zero-order valence-corrected chi connectivity index (χ0v) is 12.3. The van der Waals surface area contributed by atoms with E-state index in [1.165, 1.54) is 0 Å². The van der Waals surface area contributed by atoms with Gasteiger partial charge in [0.2, 0.25) is 0 Å². The van der Waals surface area contributed by atoms with Gasteiger partial charge in [-0.3, -0.25) is 0 Å². The van der Waals surface area contributed by atoms with Crippen LogP contribution in [0, 0.1) is 5.82 Å². The number of benzene rings is 2. The van der Waals surface area contributed by atoms with Gasteiger partial charge in [-0.1, -0.05) is 24.3 Å². The topological polar surface area (TPSA) is 35.2 Å². The van der Waals surface area contributed by atoms with Crippen LogP contribution in [-0.2, 0) is 0 Å². The Morgan fingerprint density at radius 2 is 1.64 bits per heavy atom. The highest BCUT2D eigenvalue weighted by atomic mass is 35.5. The number of ether oxygens (including phenoxy) is 1. The number of hydrogen-bond acceptors (Lipinski definition) is 2. The van der Waals surface area contributed by atoms with Gasteiger partial charge in [0.05, 0.1) is 0 Å². The zero-order chi connectivity index (χ0) is 15.6. The van der Waals surface area contributed by atoms with Crippen LogP contribution in [0.1, 0.15) is 18.5 Å². The van der Waals surface area contributed by atoms with Crippen molar-refractivity contribution < 1.29 is 22.3 Å². The molecule has 0 saturated heterocycles. The fourth-order valence-corrected chi connectivity index (χ4v) is 1.89. The predicted octanol–water partition coefficient (Wildman–Crippen LogP) is 4.83. The highest BCUT2D eigenvalue weighted by Gasteiger charge is 2.31. The van der Waals surface area contributed by atoms with Crippen molar-refractivity contribution in [2.24, 2.45) is 5.73 Å². The first kappa shape index (κ1) is 18.3. The minimum atomic E-state index is -4.81. The second-order valence-electron chi connectivity index (χ2n) is 4.60. The minimum absolute atomic E-state index is 0. The van der Waals surface area contributed by atoms with Crippen LogP contribution in [0.4, 0.5) is 17.6 Å². The smallest absolute Gasteiger partial charge is 0.406 e. The fourth-order valence-electron chi connectivity index (χ4n) is 1.89. The molecule has 0 aromatic heterocycles. The molecule has 2 aromatic rings. The van der Waals surface area contributed by atoms with Crippen LogP contribution in [-0.4, -0.2) is 6.36 Å². The first-order chi connectivity index (χ1) is 9.76. The summed E-state index contributed by atoms with van der Waals surface area (Å²) < 4.78 is 54.1. The van der Waals surface area contributed by atoms with Crippen molar-refractivity contribution in [1.29, 1.82) is 0 Å². The summed E-state index contributed by atoms with van der Waals surface area (Å²) in [6.07, 6.45) is -4.81. The van der Waals surface area contributed by atoms with E-state index in [0.717, 1.165) is 23.8 Å². The van der Waals surface area contributed by atoms with E-state index in [0.29, 0.717) is 5.56 Å². The zero-order valence-electron chi connectivity index (χ0n) is 11.5. The second kappa shape index (κ2) is 6.98. The van der Waals surface area contributed by atoms with Gasteiger partial charge in [-0.25, -0.2) is 4.39 Å². The van der Waals surface area contributed by atoms with Crippen molar-refractivity contribution in [1.82, 2.24) is 0 Å². The van der Waals surface area contributed by atoms with Gasteiger partial charge < -0.3 is 10.5 Å². The summed E-state index contributed by atoms with van der Waals surface area (Å²) in [5, 5.41) is 0. The van der Waals surface area contributed by atoms with Crippen molar-refractivity contribution in [3.8, 4) is 16.9 Å². The summed E-state index contributed by atoms with van der Waals surface area (Å²) in [5.41, 5.74) is 7.04. The lowest BCUT2D eigenvalue weighted by Gasteiger charge is -2.12. The molecule has 0 fully saturated rings. The third-order valence-electron chi connectivity index (χ3n) is 2.92. The van der Waals surface area contributed by atoms with Gasteiger partial charge in [0.1, 0.15) is 11.6 Å². The lowest BCUT2D eigenvalue weighted by atomic mass is 10.0. The summed E-state index contributed by atoms with van der Waals surface area (Å²) in [6, 6.07) is 9.34. The third kappa shape index (κ3) is 4.61. The van der Waals surface area contributed by atoms with Crippen LogP contribution in [0.3, 0.4) is 0 Å². The molecule has 120 valence electrons. The van der Waals surface area contributed by atoms with Crippen molar-refractivity contribution in [2.75, 3.05) is 0 Å². The molecule has 0 aliphatic rings. The summed E-state index contributed by atoms with van der Waals surface area (Å²) in [6.45, 7) is 1.80. The number of nitrogens with two attached hydrogens (primary N) is 1. The summed E-state index contributed by atoms with van der Waals surface area (Å²) in [7, 11) is 0. The monoisotopic (exact) mass is 335 g/mol. The number of hydrogen-bond donors (Lipinski definition) is 1. The number of halogens is 5. The van der Waals surface area contributed by atoms with Crippen LogP contribution < -0.4 is 10.5 Å². The lowest BCUT2D eigenvalue weighted by molar-refractivity contribution is -0.274. The Kier molecular flexibility index (Phi) is 5.79. The predicted molar refractivity (Wildman–Crippen MR) is 78.4 cm³/mol. The molecule has 0 aliphatic carbocycles. The Morgan fingerprint density at radius 3 is 2.14 bits per heavy atom. The van der Waals surface area contributed by atoms with Crippen molar-refractivity contribution >= 4 is 12.4 Å². The van der Waals surface area contributed by atoms with Gasteiger partial charge in [0.15, 0.2) is 0 Å². The Bertz CT molecular complexity index is 626. The molecule has 2 rings (SSSR count). The van der Waals surface area contributed by atoms with Crippen LogP contribution in [0.2, 0.25) is 0 Å². The molecule has 1 unspecified atom stereocenters. The molecule has 2 N–H and O–H groups in total.